The van der Waals surface area contributed by atoms with Crippen molar-refractivity contribution in [1.82, 2.24) is 5.32 Å². The van der Waals surface area contributed by atoms with E-state index in [-0.39, 0.29) is 17.0 Å². The van der Waals surface area contributed by atoms with E-state index in [1.165, 1.54) is 6.07 Å². The van der Waals surface area contributed by atoms with Crippen LogP contribution < -0.4 is 22.0 Å². The summed E-state index contributed by atoms with van der Waals surface area (Å²) in [6.45, 7) is 5.27. The molecule has 1 aromatic carbocycles. The number of amides is 2. The zero-order valence-electron chi connectivity index (χ0n) is 15.4. The molecule has 0 bridgehead atoms. The van der Waals surface area contributed by atoms with Crippen LogP contribution in [0.5, 0.6) is 0 Å². The fourth-order valence-corrected chi connectivity index (χ4v) is 3.31. The summed E-state index contributed by atoms with van der Waals surface area (Å²) in [5, 5.41) is 5.96. The van der Waals surface area contributed by atoms with E-state index in [9.17, 15) is 14.4 Å². The fourth-order valence-electron chi connectivity index (χ4n) is 3.31. The molecule has 3 rings (SSSR count). The lowest BCUT2D eigenvalue weighted by atomic mass is 9.94. The van der Waals surface area contributed by atoms with Gasteiger partial charge >= 0.3 is 5.63 Å². The van der Waals surface area contributed by atoms with E-state index in [0.29, 0.717) is 17.0 Å². The summed E-state index contributed by atoms with van der Waals surface area (Å²) >= 11 is 0. The van der Waals surface area contributed by atoms with Crippen molar-refractivity contribution in [2.45, 2.75) is 32.6 Å². The molecule has 2 amide bonds. The van der Waals surface area contributed by atoms with E-state index in [0.717, 1.165) is 31.5 Å². The van der Waals surface area contributed by atoms with Crippen LogP contribution in [0.25, 0.3) is 0 Å². The summed E-state index contributed by atoms with van der Waals surface area (Å²) in [5.74, 6) is -0.345. The van der Waals surface area contributed by atoms with Crippen molar-refractivity contribution >= 4 is 17.5 Å². The van der Waals surface area contributed by atoms with Crippen LogP contribution in [0, 0.1) is 13.8 Å². The van der Waals surface area contributed by atoms with Crippen LogP contribution in [0.2, 0.25) is 0 Å². The van der Waals surface area contributed by atoms with Crippen LogP contribution in [0.3, 0.4) is 0 Å². The van der Waals surface area contributed by atoms with E-state index < -0.39 is 17.4 Å². The van der Waals surface area contributed by atoms with Gasteiger partial charge in [-0.25, -0.2) is 4.79 Å². The molecule has 0 saturated carbocycles. The molecule has 7 heteroatoms. The maximum Gasteiger partial charge on any atom is 0.349 e. The maximum atomic E-state index is 12.7. The Hall–Kier alpha value is -2.93. The van der Waals surface area contributed by atoms with Crippen LogP contribution in [-0.4, -0.2) is 24.9 Å². The standard InChI is InChI=1S/C20H23N3O4/c1-11-3-4-14(18(21)24)10-15(11)23-19(25)17-12(2)9-16(27-20(17)26)13-5-7-22-8-6-13/h3-4,9-10,13,22H,5-8H2,1-2H3,(H2,21,24)(H,23,25). The van der Waals surface area contributed by atoms with Gasteiger partial charge in [-0.15, -0.1) is 0 Å². The summed E-state index contributed by atoms with van der Waals surface area (Å²) in [7, 11) is 0. The van der Waals surface area contributed by atoms with E-state index >= 15 is 0 Å². The second-order valence-corrected chi connectivity index (χ2v) is 6.87. The SMILES string of the molecule is Cc1ccc(C(N)=O)cc1NC(=O)c1c(C)cc(C2CCNCC2)oc1=O. The smallest absolute Gasteiger partial charge is 0.349 e. The first-order chi connectivity index (χ1) is 12.9. The highest BCUT2D eigenvalue weighted by Crippen LogP contribution is 2.26. The molecule has 142 valence electrons. The molecule has 7 nitrogen and oxygen atoms in total. The van der Waals surface area contributed by atoms with Gasteiger partial charge in [-0.05, 0) is 69.1 Å². The summed E-state index contributed by atoms with van der Waals surface area (Å²) < 4.78 is 5.46. The first kappa shape index (κ1) is 18.8. The van der Waals surface area contributed by atoms with Crippen molar-refractivity contribution in [1.29, 1.82) is 0 Å². The van der Waals surface area contributed by atoms with E-state index in [1.54, 1.807) is 32.0 Å². The lowest BCUT2D eigenvalue weighted by Gasteiger charge is -2.22. The number of nitrogens with two attached hydrogens (primary N) is 1. The van der Waals surface area contributed by atoms with Gasteiger partial charge in [0.2, 0.25) is 5.91 Å². The molecule has 4 N–H and O–H groups in total. The molecule has 1 fully saturated rings. The lowest BCUT2D eigenvalue weighted by Crippen LogP contribution is -2.28. The molecule has 1 aliphatic rings. The second-order valence-electron chi connectivity index (χ2n) is 6.87. The Bertz CT molecular complexity index is 943. The molecular formula is C20H23N3O4. The number of piperidine rings is 1. The average Bonchev–Trinajstić information content (AvgIpc) is 2.63. The van der Waals surface area contributed by atoms with Gasteiger partial charge in [0.15, 0.2) is 0 Å². The van der Waals surface area contributed by atoms with E-state index in [4.69, 9.17) is 10.2 Å². The molecule has 0 atom stereocenters. The van der Waals surface area contributed by atoms with Gasteiger partial charge in [0.05, 0.1) is 0 Å². The van der Waals surface area contributed by atoms with E-state index in [1.807, 2.05) is 0 Å². The third-order valence-electron chi connectivity index (χ3n) is 4.91. The van der Waals surface area contributed by atoms with Crippen molar-refractivity contribution in [2.24, 2.45) is 5.73 Å². The number of nitrogens with one attached hydrogen (secondary N) is 2. The first-order valence-corrected chi connectivity index (χ1v) is 8.94. The molecule has 27 heavy (non-hydrogen) atoms. The maximum absolute atomic E-state index is 12.7. The van der Waals surface area contributed by atoms with Crippen LogP contribution in [-0.2, 0) is 0 Å². The molecule has 0 radical (unpaired) electrons. The highest BCUT2D eigenvalue weighted by atomic mass is 16.4. The molecule has 0 spiro atoms. The van der Waals surface area contributed by atoms with Crippen LogP contribution in [0.1, 0.15) is 56.4 Å². The van der Waals surface area contributed by atoms with Gasteiger partial charge in [0.25, 0.3) is 5.91 Å². The highest BCUT2D eigenvalue weighted by Gasteiger charge is 2.23. The number of carbonyl (C=O) groups excluding carboxylic acids is 2. The summed E-state index contributed by atoms with van der Waals surface area (Å²) in [5.41, 5.74) is 6.64. The molecule has 0 aliphatic carbocycles. The zero-order valence-corrected chi connectivity index (χ0v) is 15.4. The van der Waals surface area contributed by atoms with Gasteiger partial charge in [-0.3, -0.25) is 9.59 Å². The lowest BCUT2D eigenvalue weighted by molar-refractivity contribution is 0.0995. The number of carbonyl (C=O) groups is 2. The van der Waals surface area contributed by atoms with Gasteiger partial charge in [0, 0.05) is 17.2 Å². The minimum atomic E-state index is -0.648. The number of benzene rings is 1. The Balaban J connectivity index is 1.88. The predicted molar refractivity (Wildman–Crippen MR) is 102 cm³/mol. The second kappa shape index (κ2) is 7.75. The first-order valence-electron chi connectivity index (χ1n) is 8.94. The van der Waals surface area contributed by atoms with Crippen LogP contribution in [0.4, 0.5) is 5.69 Å². The third kappa shape index (κ3) is 4.09. The van der Waals surface area contributed by atoms with Crippen LogP contribution >= 0.6 is 0 Å². The van der Waals surface area contributed by atoms with Gasteiger partial charge < -0.3 is 20.8 Å². The van der Waals surface area contributed by atoms with Crippen molar-refractivity contribution in [2.75, 3.05) is 18.4 Å². The number of primary amides is 1. The molecule has 1 aromatic heterocycles. The Labute approximate surface area is 156 Å². The summed E-state index contributed by atoms with van der Waals surface area (Å²) in [6.07, 6.45) is 1.79. The van der Waals surface area contributed by atoms with Gasteiger partial charge in [-0.1, -0.05) is 6.07 Å². The van der Waals surface area contributed by atoms with Crippen molar-refractivity contribution in [3.8, 4) is 0 Å². The highest BCUT2D eigenvalue weighted by molar-refractivity contribution is 6.06. The molecule has 2 heterocycles. The number of hydrogen-bond acceptors (Lipinski definition) is 5. The van der Waals surface area contributed by atoms with Crippen molar-refractivity contribution < 1.29 is 14.0 Å². The minimum absolute atomic E-state index is 0.0310. The van der Waals surface area contributed by atoms with Crippen molar-refractivity contribution in [3.05, 3.63) is 62.7 Å². The Kier molecular flexibility index (Phi) is 5.41. The average molecular weight is 369 g/mol. The zero-order chi connectivity index (χ0) is 19.6. The molecular weight excluding hydrogens is 346 g/mol. The quantitative estimate of drug-likeness (QED) is 0.763. The molecule has 1 aliphatic heterocycles. The number of rotatable bonds is 4. The largest absolute Gasteiger partial charge is 0.427 e. The summed E-state index contributed by atoms with van der Waals surface area (Å²) in [6, 6.07) is 6.54. The third-order valence-corrected chi connectivity index (χ3v) is 4.91. The fraction of sp³-hybridized carbons (Fsp3) is 0.350. The number of aryl methyl sites for hydroxylation is 2. The number of hydrogen-bond donors (Lipinski definition) is 3. The Morgan fingerprint density at radius 3 is 2.48 bits per heavy atom. The Morgan fingerprint density at radius 1 is 1.15 bits per heavy atom. The van der Waals surface area contributed by atoms with Crippen molar-refractivity contribution in [3.63, 3.8) is 0 Å². The molecule has 0 unspecified atom stereocenters. The molecule has 2 aromatic rings. The van der Waals surface area contributed by atoms with Crippen LogP contribution in [0.15, 0.2) is 33.5 Å². The number of anilines is 1. The topological polar surface area (TPSA) is 114 Å². The predicted octanol–water partition coefficient (Wildman–Crippen LogP) is 2.07. The Morgan fingerprint density at radius 2 is 1.85 bits per heavy atom. The normalized spacial score (nSPS) is 14.7. The molecule has 1 saturated heterocycles. The van der Waals surface area contributed by atoms with Gasteiger partial charge in [0.1, 0.15) is 11.3 Å². The van der Waals surface area contributed by atoms with Gasteiger partial charge in [-0.2, -0.15) is 0 Å². The summed E-state index contributed by atoms with van der Waals surface area (Å²) in [4.78, 5) is 36.5. The van der Waals surface area contributed by atoms with E-state index in [2.05, 4.69) is 10.6 Å². The monoisotopic (exact) mass is 369 g/mol. The minimum Gasteiger partial charge on any atom is -0.427 e.